The summed E-state index contributed by atoms with van der Waals surface area (Å²) in [4.78, 5) is 30.1. The van der Waals surface area contributed by atoms with Crippen LogP contribution >= 0.6 is 0 Å². The van der Waals surface area contributed by atoms with Crippen molar-refractivity contribution in [3.8, 4) is 5.75 Å². The average molecular weight is 517 g/mol. The van der Waals surface area contributed by atoms with Crippen LogP contribution in [0.25, 0.3) is 0 Å². The van der Waals surface area contributed by atoms with Gasteiger partial charge < -0.3 is 14.5 Å². The number of rotatable bonds is 9. The highest BCUT2D eigenvalue weighted by Gasteiger charge is 2.20. The highest BCUT2D eigenvalue weighted by atomic mass is 16.5. The fraction of sp³-hybridized carbons (Fsp3) is 0.467. The molecule has 3 aromatic rings. The summed E-state index contributed by atoms with van der Waals surface area (Å²) in [5.41, 5.74) is 3.48. The summed E-state index contributed by atoms with van der Waals surface area (Å²) in [7, 11) is 1.69. The van der Waals surface area contributed by atoms with Crippen LogP contribution in [0.4, 0.5) is 5.95 Å². The van der Waals surface area contributed by atoms with E-state index in [1.807, 2.05) is 12.1 Å². The number of piperazine rings is 1. The average Bonchev–Trinajstić information content (AvgIpc) is 3.19. The summed E-state index contributed by atoms with van der Waals surface area (Å²) >= 11 is 0. The van der Waals surface area contributed by atoms with Gasteiger partial charge in [-0.25, -0.2) is 4.98 Å². The van der Waals surface area contributed by atoms with Gasteiger partial charge in [0.15, 0.2) is 0 Å². The van der Waals surface area contributed by atoms with E-state index in [9.17, 15) is 4.79 Å². The number of hydrogen-bond acceptors (Lipinski definition) is 7. The van der Waals surface area contributed by atoms with Crippen LogP contribution in [0, 0.1) is 0 Å². The number of benzene rings is 2. The molecule has 0 radical (unpaired) electrons. The molecule has 0 spiro atoms. The van der Waals surface area contributed by atoms with Crippen LogP contribution in [-0.2, 0) is 19.5 Å². The maximum atomic E-state index is 12.5. The second-order valence-electron chi connectivity index (χ2n) is 10.4. The van der Waals surface area contributed by atoms with Gasteiger partial charge in [0.2, 0.25) is 5.95 Å². The standard InChI is InChI=1S/C30H40N6O2/c1-38-28-10-8-26(9-11-28)23-34-13-5-14-36(21-20-34)30-31-27(22-29(37)32-30)24-35-18-16-33(17-19-35)15-12-25-6-3-2-4-7-25/h2-4,6-11,22H,5,12-21,23-24H2,1H3,(H,31,32,37). The Kier molecular flexibility index (Phi) is 9.06. The molecule has 2 aliphatic rings. The predicted octanol–water partition coefficient (Wildman–Crippen LogP) is 2.85. The fourth-order valence-electron chi connectivity index (χ4n) is 5.39. The van der Waals surface area contributed by atoms with Gasteiger partial charge in [-0.15, -0.1) is 0 Å². The Labute approximate surface area is 225 Å². The molecular formula is C30H40N6O2. The third kappa shape index (κ3) is 7.43. The van der Waals surface area contributed by atoms with Crippen LogP contribution in [0.3, 0.4) is 0 Å². The Morgan fingerprint density at radius 1 is 0.789 bits per heavy atom. The zero-order valence-electron chi connectivity index (χ0n) is 22.5. The largest absolute Gasteiger partial charge is 0.497 e. The SMILES string of the molecule is COc1ccc(CN2CCCN(c3nc(CN4CCN(CCc5ccccc5)CC4)cc(=O)[nH]3)CC2)cc1. The van der Waals surface area contributed by atoms with Crippen LogP contribution < -0.4 is 15.2 Å². The lowest BCUT2D eigenvalue weighted by Crippen LogP contribution is -2.46. The van der Waals surface area contributed by atoms with Gasteiger partial charge in [-0.1, -0.05) is 42.5 Å². The molecule has 2 aromatic carbocycles. The summed E-state index contributed by atoms with van der Waals surface area (Å²) in [5, 5.41) is 0. The van der Waals surface area contributed by atoms with Crippen molar-refractivity contribution in [2.45, 2.75) is 25.9 Å². The minimum Gasteiger partial charge on any atom is -0.497 e. The van der Waals surface area contributed by atoms with Gasteiger partial charge in [-0.2, -0.15) is 0 Å². The van der Waals surface area contributed by atoms with Crippen LogP contribution in [0.5, 0.6) is 5.75 Å². The number of H-pyrrole nitrogens is 1. The molecule has 2 fully saturated rings. The molecule has 0 unspecified atom stereocenters. The molecule has 202 valence electrons. The van der Waals surface area contributed by atoms with Gasteiger partial charge in [0, 0.05) is 78.1 Å². The first-order chi connectivity index (χ1) is 18.6. The summed E-state index contributed by atoms with van der Waals surface area (Å²) in [6, 6.07) is 20.7. The predicted molar refractivity (Wildman–Crippen MR) is 152 cm³/mol. The minimum atomic E-state index is -0.0640. The third-order valence-electron chi connectivity index (χ3n) is 7.65. The molecule has 2 aliphatic heterocycles. The molecule has 38 heavy (non-hydrogen) atoms. The molecule has 8 heteroatoms. The van der Waals surface area contributed by atoms with Crippen molar-refractivity contribution in [3.63, 3.8) is 0 Å². The van der Waals surface area contributed by atoms with E-state index in [-0.39, 0.29) is 5.56 Å². The van der Waals surface area contributed by atoms with E-state index in [1.165, 1.54) is 11.1 Å². The number of nitrogens with zero attached hydrogens (tertiary/aromatic N) is 5. The molecule has 0 atom stereocenters. The van der Waals surface area contributed by atoms with Crippen LogP contribution in [0.2, 0.25) is 0 Å². The molecule has 8 nitrogen and oxygen atoms in total. The molecular weight excluding hydrogens is 476 g/mol. The van der Waals surface area contributed by atoms with Gasteiger partial charge in [0.05, 0.1) is 12.8 Å². The van der Waals surface area contributed by atoms with Crippen molar-refractivity contribution in [1.82, 2.24) is 24.7 Å². The first-order valence-corrected chi connectivity index (χ1v) is 13.8. The van der Waals surface area contributed by atoms with E-state index < -0.39 is 0 Å². The van der Waals surface area contributed by atoms with Crippen LogP contribution in [0.1, 0.15) is 23.2 Å². The first kappa shape index (κ1) is 26.4. The molecule has 1 N–H and O–H groups in total. The van der Waals surface area contributed by atoms with Crippen molar-refractivity contribution in [2.24, 2.45) is 0 Å². The Balaban J connectivity index is 1.12. The molecule has 0 saturated carbocycles. The quantitative estimate of drug-likeness (QED) is 0.469. The number of anilines is 1. The lowest BCUT2D eigenvalue weighted by atomic mass is 10.1. The maximum Gasteiger partial charge on any atom is 0.252 e. The first-order valence-electron chi connectivity index (χ1n) is 13.8. The lowest BCUT2D eigenvalue weighted by molar-refractivity contribution is 0.127. The van der Waals surface area contributed by atoms with Crippen molar-refractivity contribution >= 4 is 5.95 Å². The maximum absolute atomic E-state index is 12.5. The van der Waals surface area contributed by atoms with E-state index in [1.54, 1.807) is 13.2 Å². The molecule has 2 saturated heterocycles. The zero-order chi connectivity index (χ0) is 26.2. The van der Waals surface area contributed by atoms with Crippen molar-refractivity contribution in [1.29, 1.82) is 0 Å². The highest BCUT2D eigenvalue weighted by molar-refractivity contribution is 5.31. The smallest absolute Gasteiger partial charge is 0.252 e. The molecule has 1 aromatic heterocycles. The summed E-state index contributed by atoms with van der Waals surface area (Å²) in [6.07, 6.45) is 2.13. The number of methoxy groups -OCH3 is 1. The summed E-state index contributed by atoms with van der Waals surface area (Å²) in [5.74, 6) is 1.59. The van der Waals surface area contributed by atoms with Gasteiger partial charge in [-0.05, 0) is 36.1 Å². The Morgan fingerprint density at radius 2 is 1.50 bits per heavy atom. The Morgan fingerprint density at radius 3 is 2.26 bits per heavy atom. The third-order valence-corrected chi connectivity index (χ3v) is 7.65. The molecule has 3 heterocycles. The van der Waals surface area contributed by atoms with Gasteiger partial charge in [0.25, 0.3) is 5.56 Å². The van der Waals surface area contributed by atoms with E-state index >= 15 is 0 Å². The second kappa shape index (κ2) is 13.0. The van der Waals surface area contributed by atoms with Crippen molar-refractivity contribution in [3.05, 3.63) is 87.8 Å². The molecule has 0 bridgehead atoms. The minimum absolute atomic E-state index is 0.0640. The van der Waals surface area contributed by atoms with Crippen LogP contribution in [-0.4, -0.2) is 90.7 Å². The molecule has 0 amide bonds. The van der Waals surface area contributed by atoms with Gasteiger partial charge in [0.1, 0.15) is 5.75 Å². The van der Waals surface area contributed by atoms with Crippen molar-refractivity contribution < 1.29 is 4.74 Å². The van der Waals surface area contributed by atoms with E-state index in [4.69, 9.17) is 9.72 Å². The number of ether oxygens (including phenoxy) is 1. The number of aromatic nitrogens is 2. The summed E-state index contributed by atoms with van der Waals surface area (Å²) in [6.45, 7) is 10.6. The summed E-state index contributed by atoms with van der Waals surface area (Å²) < 4.78 is 5.28. The lowest BCUT2D eigenvalue weighted by Gasteiger charge is -2.34. The van der Waals surface area contributed by atoms with Crippen molar-refractivity contribution in [2.75, 3.05) is 70.9 Å². The molecule has 5 rings (SSSR count). The van der Waals surface area contributed by atoms with Gasteiger partial charge in [-0.3, -0.25) is 19.6 Å². The number of nitrogens with one attached hydrogen (secondary N) is 1. The van der Waals surface area contributed by atoms with E-state index in [0.717, 1.165) is 96.3 Å². The number of aromatic amines is 1. The Hall–Kier alpha value is -3.20. The fourth-order valence-corrected chi connectivity index (χ4v) is 5.39. The van der Waals surface area contributed by atoms with E-state index in [2.05, 4.69) is 67.0 Å². The monoisotopic (exact) mass is 516 g/mol. The second-order valence-corrected chi connectivity index (χ2v) is 10.4. The van der Waals surface area contributed by atoms with Gasteiger partial charge >= 0.3 is 0 Å². The van der Waals surface area contributed by atoms with Crippen LogP contribution in [0.15, 0.2) is 65.5 Å². The number of hydrogen-bond donors (Lipinski definition) is 1. The van der Waals surface area contributed by atoms with E-state index in [0.29, 0.717) is 5.95 Å². The normalized spacial score (nSPS) is 17.9. The highest BCUT2D eigenvalue weighted by Crippen LogP contribution is 2.16. The topological polar surface area (TPSA) is 67.9 Å². The Bertz CT molecular complexity index is 1190. The molecule has 0 aliphatic carbocycles. The zero-order valence-corrected chi connectivity index (χ0v) is 22.5.